The van der Waals surface area contributed by atoms with E-state index in [4.69, 9.17) is 0 Å². The first kappa shape index (κ1) is 20.2. The van der Waals surface area contributed by atoms with E-state index in [0.717, 1.165) is 36.7 Å². The van der Waals surface area contributed by atoms with Crippen LogP contribution in [0, 0.1) is 0 Å². The molecule has 1 aromatic heterocycles. The van der Waals surface area contributed by atoms with Crippen molar-refractivity contribution in [1.29, 1.82) is 0 Å². The number of nitrogens with zero attached hydrogens (tertiary/aromatic N) is 6. The molecule has 3 rings (SSSR count). The average molecular weight is 390 g/mol. The smallest absolute Gasteiger partial charge is 0.233 e. The molecule has 0 saturated heterocycles. The van der Waals surface area contributed by atoms with Crippen molar-refractivity contribution >= 4 is 34.9 Å². The molecule has 0 amide bonds. The van der Waals surface area contributed by atoms with Crippen LogP contribution in [0.5, 0.6) is 0 Å². The van der Waals surface area contributed by atoms with Gasteiger partial charge in [-0.25, -0.2) is 0 Å². The topological polar surface area (TPSA) is 90.7 Å². The van der Waals surface area contributed by atoms with E-state index < -0.39 is 0 Å². The minimum Gasteiger partial charge on any atom is -0.354 e. The first-order valence-corrected chi connectivity index (χ1v) is 9.80. The molecule has 2 aromatic carbocycles. The summed E-state index contributed by atoms with van der Waals surface area (Å²) in [5, 5.41) is 15.0. The molecule has 1 heterocycles. The van der Waals surface area contributed by atoms with Crippen molar-refractivity contribution in [3.05, 3.63) is 54.6 Å². The van der Waals surface area contributed by atoms with E-state index in [-0.39, 0.29) is 0 Å². The van der Waals surface area contributed by atoms with Crippen molar-refractivity contribution in [2.24, 2.45) is 10.2 Å². The third kappa shape index (κ3) is 5.71. The summed E-state index contributed by atoms with van der Waals surface area (Å²) >= 11 is 0. The molecule has 0 atom stereocenters. The molecule has 0 radical (unpaired) electrons. The molecule has 0 aliphatic heterocycles. The first-order chi connectivity index (χ1) is 14.2. The second kappa shape index (κ2) is 10.1. The zero-order valence-electron chi connectivity index (χ0n) is 17.0. The van der Waals surface area contributed by atoms with E-state index >= 15 is 0 Å². The van der Waals surface area contributed by atoms with Crippen molar-refractivity contribution in [2.75, 3.05) is 35.2 Å². The summed E-state index contributed by atoms with van der Waals surface area (Å²) < 4.78 is 0. The van der Waals surface area contributed by atoms with E-state index in [2.05, 4.69) is 54.6 Å². The lowest BCUT2D eigenvalue weighted by Crippen LogP contribution is -2.25. The normalized spacial score (nSPS) is 10.9. The van der Waals surface area contributed by atoms with Crippen LogP contribution in [0.1, 0.15) is 20.8 Å². The number of rotatable bonds is 9. The highest BCUT2D eigenvalue weighted by molar-refractivity contribution is 5.60. The van der Waals surface area contributed by atoms with Crippen molar-refractivity contribution < 1.29 is 0 Å². The number of aromatic nitrogens is 3. The Labute approximate surface area is 171 Å². The molecule has 0 spiro atoms. The van der Waals surface area contributed by atoms with Gasteiger partial charge in [0.15, 0.2) is 0 Å². The largest absolute Gasteiger partial charge is 0.354 e. The van der Waals surface area contributed by atoms with Gasteiger partial charge in [-0.2, -0.15) is 25.2 Å². The van der Waals surface area contributed by atoms with E-state index in [0.29, 0.717) is 17.8 Å². The molecule has 0 aliphatic rings. The average Bonchev–Trinajstić information content (AvgIpc) is 2.74. The molecule has 0 aliphatic carbocycles. The van der Waals surface area contributed by atoms with Gasteiger partial charge in [0, 0.05) is 25.3 Å². The molecule has 29 heavy (non-hydrogen) atoms. The first-order valence-electron chi connectivity index (χ1n) is 9.80. The van der Waals surface area contributed by atoms with E-state index in [9.17, 15) is 0 Å². The van der Waals surface area contributed by atoms with Gasteiger partial charge in [-0.05, 0) is 51.1 Å². The summed E-state index contributed by atoms with van der Waals surface area (Å²) in [4.78, 5) is 15.6. The molecule has 0 bridgehead atoms. The Bertz CT molecular complexity index is 938. The third-order valence-electron chi connectivity index (χ3n) is 4.14. The van der Waals surface area contributed by atoms with Gasteiger partial charge in [-0.3, -0.25) is 0 Å². The Morgan fingerprint density at radius 1 is 0.793 bits per heavy atom. The monoisotopic (exact) mass is 390 g/mol. The minimum absolute atomic E-state index is 0.481. The Kier molecular flexibility index (Phi) is 7.05. The molecular formula is C21H26N8. The summed E-state index contributed by atoms with van der Waals surface area (Å²) in [7, 11) is 0. The Morgan fingerprint density at radius 2 is 1.48 bits per heavy atom. The summed E-state index contributed by atoms with van der Waals surface area (Å²) in [6.45, 7) is 8.54. The van der Waals surface area contributed by atoms with Crippen molar-refractivity contribution in [3.8, 4) is 0 Å². The molecule has 3 aromatic rings. The lowest BCUT2D eigenvalue weighted by molar-refractivity contribution is 0.814. The molecule has 8 nitrogen and oxygen atoms in total. The summed E-state index contributed by atoms with van der Waals surface area (Å²) in [6.07, 6.45) is 0. The van der Waals surface area contributed by atoms with Crippen LogP contribution < -0.4 is 15.5 Å². The maximum absolute atomic E-state index is 4.57. The molecule has 0 fully saturated rings. The van der Waals surface area contributed by atoms with Crippen LogP contribution in [0.15, 0.2) is 64.8 Å². The third-order valence-corrected chi connectivity index (χ3v) is 4.14. The molecular weight excluding hydrogens is 364 g/mol. The Hall–Kier alpha value is -3.55. The maximum atomic E-state index is 4.57. The fourth-order valence-corrected chi connectivity index (χ4v) is 2.69. The van der Waals surface area contributed by atoms with Crippen LogP contribution in [0.4, 0.5) is 34.9 Å². The van der Waals surface area contributed by atoms with Crippen LogP contribution in [0.25, 0.3) is 0 Å². The highest BCUT2D eigenvalue weighted by Gasteiger charge is 2.11. The fraction of sp³-hybridized carbons (Fsp3) is 0.286. The van der Waals surface area contributed by atoms with E-state index in [1.807, 2.05) is 61.5 Å². The van der Waals surface area contributed by atoms with Gasteiger partial charge in [0.25, 0.3) is 0 Å². The number of benzene rings is 2. The predicted octanol–water partition coefficient (Wildman–Crippen LogP) is 5.31. The lowest BCUT2D eigenvalue weighted by Gasteiger charge is -2.19. The van der Waals surface area contributed by atoms with Gasteiger partial charge in [0.1, 0.15) is 0 Å². The van der Waals surface area contributed by atoms with Crippen molar-refractivity contribution in [2.45, 2.75) is 20.8 Å². The molecule has 0 unspecified atom stereocenters. The second-order valence-electron chi connectivity index (χ2n) is 6.20. The minimum atomic E-state index is 0.481. The van der Waals surface area contributed by atoms with Gasteiger partial charge in [-0.15, -0.1) is 0 Å². The van der Waals surface area contributed by atoms with E-state index in [1.54, 1.807) is 0 Å². The lowest BCUT2D eigenvalue weighted by atomic mass is 10.3. The van der Waals surface area contributed by atoms with Crippen LogP contribution in [-0.2, 0) is 0 Å². The number of anilines is 4. The fourth-order valence-electron chi connectivity index (χ4n) is 2.69. The predicted molar refractivity (Wildman–Crippen MR) is 118 cm³/mol. The number of hydrogen-bond acceptors (Lipinski definition) is 8. The zero-order chi connectivity index (χ0) is 20.5. The summed E-state index contributed by atoms with van der Waals surface area (Å²) in [5.74, 6) is 1.67. The zero-order valence-corrected chi connectivity index (χ0v) is 17.0. The second-order valence-corrected chi connectivity index (χ2v) is 6.20. The standard InChI is InChI=1S/C21H26N8/c1-4-22-19-24-20(26-21(25-19)29(5-2)6-3)23-17-13-10-14-18(15-17)28-27-16-11-8-7-9-12-16/h7-15H,4-6H2,1-3H3,(H2,22,23,24,25,26). The number of hydrogen-bond donors (Lipinski definition) is 2. The van der Waals surface area contributed by atoms with Crippen LogP contribution >= 0.6 is 0 Å². The molecule has 150 valence electrons. The highest BCUT2D eigenvalue weighted by Crippen LogP contribution is 2.24. The molecule has 8 heteroatoms. The van der Waals surface area contributed by atoms with Gasteiger partial charge < -0.3 is 15.5 Å². The van der Waals surface area contributed by atoms with Gasteiger partial charge >= 0.3 is 0 Å². The van der Waals surface area contributed by atoms with Crippen molar-refractivity contribution in [1.82, 2.24) is 15.0 Å². The quantitative estimate of drug-likeness (QED) is 0.481. The van der Waals surface area contributed by atoms with Gasteiger partial charge in [0.05, 0.1) is 11.4 Å². The molecule has 2 N–H and O–H groups in total. The Morgan fingerprint density at radius 3 is 2.21 bits per heavy atom. The van der Waals surface area contributed by atoms with E-state index in [1.165, 1.54) is 0 Å². The van der Waals surface area contributed by atoms with Gasteiger partial charge in [0.2, 0.25) is 17.8 Å². The highest BCUT2D eigenvalue weighted by atomic mass is 15.3. The van der Waals surface area contributed by atoms with Gasteiger partial charge in [-0.1, -0.05) is 24.3 Å². The SMILES string of the molecule is CCNc1nc(Nc2cccc(N=Nc3ccccc3)c2)nc(N(CC)CC)n1. The van der Waals surface area contributed by atoms with Crippen molar-refractivity contribution in [3.63, 3.8) is 0 Å². The molecule has 0 saturated carbocycles. The number of nitrogens with one attached hydrogen (secondary N) is 2. The Balaban J connectivity index is 1.82. The summed E-state index contributed by atoms with van der Waals surface area (Å²) in [6, 6.07) is 17.3. The van der Waals surface area contributed by atoms with Crippen LogP contribution in [0.2, 0.25) is 0 Å². The number of azo groups is 1. The van der Waals surface area contributed by atoms with Crippen LogP contribution in [0.3, 0.4) is 0 Å². The maximum Gasteiger partial charge on any atom is 0.233 e. The van der Waals surface area contributed by atoms with Crippen LogP contribution in [-0.4, -0.2) is 34.6 Å². The summed E-state index contributed by atoms with van der Waals surface area (Å²) in [5.41, 5.74) is 2.37.